The van der Waals surface area contributed by atoms with Gasteiger partial charge in [-0.15, -0.1) is 0 Å². The van der Waals surface area contributed by atoms with Crippen LogP contribution in [0.1, 0.15) is 62.5 Å². The molecule has 0 radical (unpaired) electrons. The van der Waals surface area contributed by atoms with E-state index >= 15 is 0 Å². The summed E-state index contributed by atoms with van der Waals surface area (Å²) in [5.74, 6) is 1.50. The Morgan fingerprint density at radius 1 is 1.41 bits per heavy atom. The molecule has 0 atom stereocenters. The van der Waals surface area contributed by atoms with E-state index in [-0.39, 0.29) is 5.78 Å². The molecule has 94 valence electrons. The van der Waals surface area contributed by atoms with E-state index in [1.165, 1.54) is 32.1 Å². The Bertz CT molecular complexity index is 364. The summed E-state index contributed by atoms with van der Waals surface area (Å²) in [5, 5.41) is 0. The van der Waals surface area contributed by atoms with Crippen LogP contribution >= 0.6 is 0 Å². The van der Waals surface area contributed by atoms with Crippen molar-refractivity contribution >= 4 is 5.78 Å². The molecular weight excluding hydrogens is 212 g/mol. The summed E-state index contributed by atoms with van der Waals surface area (Å²) in [7, 11) is 0. The molecule has 0 unspecified atom stereocenters. The number of carbonyl (C=O) groups is 1. The van der Waals surface area contributed by atoms with E-state index in [1.54, 1.807) is 6.20 Å². The van der Waals surface area contributed by atoms with Gasteiger partial charge in [0.2, 0.25) is 0 Å². The number of ketones is 1. The lowest BCUT2D eigenvalue weighted by molar-refractivity contribution is 0.0935. The van der Waals surface area contributed by atoms with Crippen LogP contribution in [0.25, 0.3) is 0 Å². The Hall–Kier alpha value is -1.12. The molecule has 1 heterocycles. The standard InChI is InChI=1S/C14H22N2O/c1-2-9-16-10-8-15-14(16)13(17)11-12-6-4-3-5-7-12/h8,10,12H,2-7,9,11H2,1H3. The van der Waals surface area contributed by atoms with Crippen LogP contribution in [0.15, 0.2) is 12.4 Å². The zero-order valence-electron chi connectivity index (χ0n) is 10.7. The highest BCUT2D eigenvalue weighted by Gasteiger charge is 2.20. The summed E-state index contributed by atoms with van der Waals surface area (Å²) >= 11 is 0. The van der Waals surface area contributed by atoms with E-state index in [1.807, 2.05) is 10.8 Å². The molecule has 0 spiro atoms. The topological polar surface area (TPSA) is 34.9 Å². The van der Waals surface area contributed by atoms with Crippen molar-refractivity contribution in [1.29, 1.82) is 0 Å². The van der Waals surface area contributed by atoms with Crippen LogP contribution in [0, 0.1) is 5.92 Å². The first-order chi connectivity index (χ1) is 8.31. The second-order valence-corrected chi connectivity index (χ2v) is 5.08. The van der Waals surface area contributed by atoms with Gasteiger partial charge in [-0.2, -0.15) is 0 Å². The van der Waals surface area contributed by atoms with Crippen LogP contribution in [-0.4, -0.2) is 15.3 Å². The van der Waals surface area contributed by atoms with Crippen LogP contribution in [-0.2, 0) is 6.54 Å². The lowest BCUT2D eigenvalue weighted by Crippen LogP contribution is -2.16. The van der Waals surface area contributed by atoms with Gasteiger partial charge in [0, 0.05) is 25.4 Å². The Balaban J connectivity index is 1.96. The number of carbonyl (C=O) groups excluding carboxylic acids is 1. The lowest BCUT2D eigenvalue weighted by atomic mass is 9.86. The van der Waals surface area contributed by atoms with E-state index in [0.717, 1.165) is 13.0 Å². The number of hydrogen-bond acceptors (Lipinski definition) is 2. The molecule has 0 aromatic carbocycles. The average molecular weight is 234 g/mol. The van der Waals surface area contributed by atoms with Crippen molar-refractivity contribution in [1.82, 2.24) is 9.55 Å². The normalized spacial score (nSPS) is 17.2. The van der Waals surface area contributed by atoms with Gasteiger partial charge in [0.05, 0.1) is 0 Å². The number of hydrogen-bond donors (Lipinski definition) is 0. The van der Waals surface area contributed by atoms with Crippen molar-refractivity contribution < 1.29 is 4.79 Å². The first kappa shape index (κ1) is 12.3. The van der Waals surface area contributed by atoms with Crippen molar-refractivity contribution in [3.8, 4) is 0 Å². The van der Waals surface area contributed by atoms with Crippen LogP contribution < -0.4 is 0 Å². The first-order valence-electron chi connectivity index (χ1n) is 6.85. The third-order valence-corrected chi connectivity index (χ3v) is 3.63. The van der Waals surface area contributed by atoms with E-state index < -0.39 is 0 Å². The Kier molecular flexibility index (Phi) is 4.35. The van der Waals surface area contributed by atoms with E-state index in [9.17, 15) is 4.79 Å². The Labute approximate surface area is 103 Å². The van der Waals surface area contributed by atoms with Crippen molar-refractivity contribution in [3.05, 3.63) is 18.2 Å². The van der Waals surface area contributed by atoms with Gasteiger partial charge in [-0.1, -0.05) is 39.0 Å². The van der Waals surface area contributed by atoms with Crippen LogP contribution in [0.3, 0.4) is 0 Å². The minimum Gasteiger partial charge on any atom is -0.329 e. The molecule has 2 rings (SSSR count). The molecule has 1 aliphatic rings. The van der Waals surface area contributed by atoms with Crippen molar-refractivity contribution in [2.45, 2.75) is 58.4 Å². The maximum Gasteiger partial charge on any atom is 0.198 e. The van der Waals surface area contributed by atoms with Gasteiger partial charge >= 0.3 is 0 Å². The monoisotopic (exact) mass is 234 g/mol. The van der Waals surface area contributed by atoms with Gasteiger partial charge in [-0.25, -0.2) is 4.98 Å². The van der Waals surface area contributed by atoms with Crippen molar-refractivity contribution in [2.24, 2.45) is 5.92 Å². The molecule has 1 saturated carbocycles. The summed E-state index contributed by atoms with van der Waals surface area (Å²) < 4.78 is 1.99. The van der Waals surface area contributed by atoms with Crippen molar-refractivity contribution in [3.63, 3.8) is 0 Å². The van der Waals surface area contributed by atoms with Gasteiger partial charge in [0.1, 0.15) is 0 Å². The molecule has 3 heteroatoms. The fourth-order valence-electron chi connectivity index (χ4n) is 2.73. The minimum absolute atomic E-state index is 0.232. The van der Waals surface area contributed by atoms with E-state index in [4.69, 9.17) is 0 Å². The quantitative estimate of drug-likeness (QED) is 0.731. The largest absolute Gasteiger partial charge is 0.329 e. The second kappa shape index (κ2) is 5.99. The first-order valence-corrected chi connectivity index (χ1v) is 6.85. The molecular formula is C14H22N2O. The summed E-state index contributed by atoms with van der Waals surface area (Å²) in [6.07, 6.45) is 11.8. The molecule has 17 heavy (non-hydrogen) atoms. The Morgan fingerprint density at radius 3 is 2.88 bits per heavy atom. The molecule has 3 nitrogen and oxygen atoms in total. The van der Waals surface area contributed by atoms with E-state index in [2.05, 4.69) is 11.9 Å². The van der Waals surface area contributed by atoms with E-state index in [0.29, 0.717) is 18.2 Å². The minimum atomic E-state index is 0.232. The van der Waals surface area contributed by atoms with Gasteiger partial charge in [-0.3, -0.25) is 4.79 Å². The molecule has 1 fully saturated rings. The smallest absolute Gasteiger partial charge is 0.198 e. The molecule has 1 aromatic heterocycles. The number of nitrogens with zero attached hydrogens (tertiary/aromatic N) is 2. The SMILES string of the molecule is CCCn1ccnc1C(=O)CC1CCCCC1. The highest BCUT2D eigenvalue weighted by molar-refractivity contribution is 5.92. The van der Waals surface area contributed by atoms with Gasteiger partial charge < -0.3 is 4.57 Å². The maximum absolute atomic E-state index is 12.2. The fourth-order valence-corrected chi connectivity index (χ4v) is 2.73. The Morgan fingerprint density at radius 2 is 2.18 bits per heavy atom. The maximum atomic E-state index is 12.2. The number of aromatic nitrogens is 2. The fraction of sp³-hybridized carbons (Fsp3) is 0.714. The predicted octanol–water partition coefficient (Wildman–Crippen LogP) is 3.45. The zero-order valence-corrected chi connectivity index (χ0v) is 10.7. The highest BCUT2D eigenvalue weighted by atomic mass is 16.1. The molecule has 0 saturated heterocycles. The van der Waals surface area contributed by atoms with Gasteiger partial charge in [0.15, 0.2) is 11.6 Å². The van der Waals surface area contributed by atoms with Gasteiger partial charge in [0.25, 0.3) is 0 Å². The van der Waals surface area contributed by atoms with Gasteiger partial charge in [-0.05, 0) is 12.3 Å². The summed E-state index contributed by atoms with van der Waals surface area (Å²) in [6, 6.07) is 0. The summed E-state index contributed by atoms with van der Waals surface area (Å²) in [5.41, 5.74) is 0. The van der Waals surface area contributed by atoms with Crippen molar-refractivity contribution in [2.75, 3.05) is 0 Å². The van der Waals surface area contributed by atoms with Crippen LogP contribution in [0.4, 0.5) is 0 Å². The number of Topliss-reactive ketones (excluding diaryl/α,β-unsaturated/α-hetero) is 1. The number of imidazole rings is 1. The molecule has 0 N–H and O–H groups in total. The third-order valence-electron chi connectivity index (χ3n) is 3.63. The molecule has 1 aromatic rings. The second-order valence-electron chi connectivity index (χ2n) is 5.08. The van der Waals surface area contributed by atoms with Crippen LogP contribution in [0.5, 0.6) is 0 Å². The molecule has 0 amide bonds. The number of aryl methyl sites for hydroxylation is 1. The predicted molar refractivity (Wildman–Crippen MR) is 68.0 cm³/mol. The number of rotatable bonds is 5. The molecule has 1 aliphatic carbocycles. The lowest BCUT2D eigenvalue weighted by Gasteiger charge is -2.20. The highest BCUT2D eigenvalue weighted by Crippen LogP contribution is 2.27. The zero-order chi connectivity index (χ0) is 12.1. The summed E-state index contributed by atoms with van der Waals surface area (Å²) in [4.78, 5) is 16.4. The third kappa shape index (κ3) is 3.18. The summed E-state index contributed by atoms with van der Waals surface area (Å²) in [6.45, 7) is 3.02. The molecule has 0 bridgehead atoms. The molecule has 0 aliphatic heterocycles. The average Bonchev–Trinajstić information content (AvgIpc) is 2.79. The van der Waals surface area contributed by atoms with Crippen LogP contribution in [0.2, 0.25) is 0 Å².